The maximum Gasteiger partial charge on any atom is 0.0295 e. The van der Waals surface area contributed by atoms with Gasteiger partial charge in [-0.05, 0) is 144 Å². The van der Waals surface area contributed by atoms with Gasteiger partial charge in [-0.15, -0.1) is 22.7 Å². The first-order valence-corrected chi connectivity index (χ1v) is 25.3. The molecule has 0 aliphatic carbocycles. The molecule has 56 heavy (non-hydrogen) atoms. The van der Waals surface area contributed by atoms with Crippen LogP contribution in [0.15, 0.2) is 48.5 Å². The zero-order chi connectivity index (χ0) is 42.1. The molecule has 2 atom stereocenters. The van der Waals surface area contributed by atoms with E-state index in [2.05, 4.69) is 196 Å². The summed E-state index contributed by atoms with van der Waals surface area (Å²) in [5.41, 5.74) is 9.81. The molecule has 0 N–H and O–H groups in total. The molecule has 4 heteroatoms. The number of rotatable bonds is 13. The van der Waals surface area contributed by atoms with Gasteiger partial charge in [0, 0.05) is 19.0 Å². The third-order valence-corrected chi connectivity index (χ3v) is 16.7. The summed E-state index contributed by atoms with van der Waals surface area (Å²) in [7, 11) is 1.44. The molecule has 0 nitrogen and oxygen atoms in total. The number of thiophene rings is 2. The Morgan fingerprint density at radius 2 is 0.625 bits per heavy atom. The average Bonchev–Trinajstić information content (AvgIpc) is 3.68. The van der Waals surface area contributed by atoms with Gasteiger partial charge in [-0.2, -0.15) is 0 Å². The largest absolute Gasteiger partial charge is 0.140 e. The van der Waals surface area contributed by atoms with E-state index in [9.17, 15) is 0 Å². The minimum Gasteiger partial charge on any atom is -0.140 e. The lowest BCUT2D eigenvalue weighted by Crippen LogP contribution is -2.31. The van der Waals surface area contributed by atoms with Crippen molar-refractivity contribution in [3.05, 3.63) is 91.7 Å². The minimum absolute atomic E-state index is 0.114. The summed E-state index contributed by atoms with van der Waals surface area (Å²) in [6.45, 7) is 42.9. The lowest BCUT2D eigenvalue weighted by atomic mass is 9.75. The fraction of sp³-hybridized carbons (Fsp3) is 0.615. The van der Waals surface area contributed by atoms with E-state index in [-0.39, 0.29) is 32.5 Å². The first-order chi connectivity index (χ1) is 25.5. The highest BCUT2D eigenvalue weighted by molar-refractivity contribution is 7.63. The Bertz CT molecular complexity index is 1680. The van der Waals surface area contributed by atoms with Crippen LogP contribution >= 0.6 is 39.8 Å². The molecule has 2 heterocycles. The highest BCUT2D eigenvalue weighted by Crippen LogP contribution is 2.39. The lowest BCUT2D eigenvalue weighted by Gasteiger charge is -2.33. The van der Waals surface area contributed by atoms with Crippen molar-refractivity contribution in [3.63, 3.8) is 0 Å². The Labute approximate surface area is 357 Å². The van der Waals surface area contributed by atoms with Crippen molar-refractivity contribution < 1.29 is 0 Å². The zero-order valence-electron chi connectivity index (χ0n) is 39.1. The van der Waals surface area contributed by atoms with Crippen molar-refractivity contribution in [1.82, 2.24) is 0 Å². The van der Waals surface area contributed by atoms with Crippen molar-refractivity contribution in [2.75, 3.05) is 0 Å². The van der Waals surface area contributed by atoms with Crippen LogP contribution < -0.4 is 19.8 Å². The van der Waals surface area contributed by atoms with Gasteiger partial charge in [0.1, 0.15) is 0 Å². The van der Waals surface area contributed by atoms with Crippen molar-refractivity contribution in [2.24, 2.45) is 0 Å². The van der Waals surface area contributed by atoms with E-state index in [0.717, 1.165) is 17.2 Å². The number of benzene rings is 2. The maximum absolute atomic E-state index is 2.53. The molecule has 2 aromatic heterocycles. The monoisotopic (exact) mass is 831 g/mol. The summed E-state index contributed by atoms with van der Waals surface area (Å²) >= 11 is 4.13. The molecule has 0 saturated carbocycles. The molecule has 0 amide bonds. The normalized spacial score (nSPS) is 14.0. The third-order valence-electron chi connectivity index (χ3n) is 11.2. The Morgan fingerprint density at radius 1 is 0.357 bits per heavy atom. The number of hydrogen-bond acceptors (Lipinski definition) is 2. The van der Waals surface area contributed by atoms with Gasteiger partial charge in [0.15, 0.2) is 0 Å². The van der Waals surface area contributed by atoms with Gasteiger partial charge >= 0.3 is 0 Å². The minimum atomic E-state index is 0.114. The van der Waals surface area contributed by atoms with Gasteiger partial charge < -0.3 is 0 Å². The van der Waals surface area contributed by atoms with E-state index in [1.807, 2.05) is 0 Å². The highest BCUT2D eigenvalue weighted by Gasteiger charge is 2.31. The van der Waals surface area contributed by atoms with Gasteiger partial charge in [0.25, 0.3) is 0 Å². The molecule has 0 bridgehead atoms. The summed E-state index contributed by atoms with van der Waals surface area (Å²) in [4.78, 5) is 3.13. The third kappa shape index (κ3) is 13.1. The van der Waals surface area contributed by atoms with Crippen LogP contribution in [0.5, 0.6) is 0 Å². The first-order valence-electron chi connectivity index (χ1n) is 21.7. The average molecular weight is 831 g/mol. The molecule has 0 fully saturated rings. The topological polar surface area (TPSA) is 0 Å². The number of aryl methyl sites for hydroxylation is 2. The van der Waals surface area contributed by atoms with Crippen LogP contribution in [-0.2, 0) is 45.3 Å². The second-order valence-electron chi connectivity index (χ2n) is 22.8. The lowest BCUT2D eigenvalue weighted by molar-refractivity contribution is 0.553. The zero-order valence-corrected chi connectivity index (χ0v) is 42.7. The van der Waals surface area contributed by atoms with Crippen LogP contribution in [0.4, 0.5) is 0 Å². The smallest absolute Gasteiger partial charge is 0.0295 e. The van der Waals surface area contributed by atoms with Crippen molar-refractivity contribution in [2.45, 2.75) is 208 Å². The van der Waals surface area contributed by atoms with Gasteiger partial charge in [-0.3, -0.25) is 0 Å². The van der Waals surface area contributed by atoms with Crippen molar-refractivity contribution >= 4 is 59.7 Å². The van der Waals surface area contributed by atoms with Gasteiger partial charge in [-0.1, -0.05) is 175 Å². The fourth-order valence-corrected chi connectivity index (χ4v) is 14.1. The molecular formula is C52H80P2S2. The Hall–Kier alpha value is -1.30. The van der Waals surface area contributed by atoms with Crippen molar-refractivity contribution in [3.8, 4) is 0 Å². The van der Waals surface area contributed by atoms with E-state index in [0.29, 0.717) is 0 Å². The standard InChI is InChI=1S/C52H80P2S2/c1-47(2,3)35-31-39(49(7,8)9)45(40(32-35)50(10,11)12)53-43-29-27-37(55-43)25-23-21-19-20-22-24-26-38-28-30-44(56-38)54-46-41(51(13,14)15)33-36(48(4,5)6)34-42(46)52(16,17)18/h27-34,53-54H,19-26H2,1-18H3. The van der Waals surface area contributed by atoms with Crippen LogP contribution in [0.1, 0.15) is 206 Å². The predicted molar refractivity (Wildman–Crippen MR) is 264 cm³/mol. The maximum atomic E-state index is 2.53. The molecule has 0 radical (unpaired) electrons. The fourth-order valence-electron chi connectivity index (χ4n) is 7.50. The predicted octanol–water partition coefficient (Wildman–Crippen LogP) is 15.0. The van der Waals surface area contributed by atoms with E-state index < -0.39 is 0 Å². The first kappa shape index (κ1) is 47.4. The molecular weight excluding hydrogens is 751 g/mol. The molecule has 310 valence electrons. The summed E-state index contributed by atoms with van der Waals surface area (Å²) in [5.74, 6) is 0. The van der Waals surface area contributed by atoms with Crippen LogP contribution in [0.3, 0.4) is 0 Å². The number of hydrogen-bond donors (Lipinski definition) is 0. The Morgan fingerprint density at radius 3 is 0.875 bits per heavy atom. The van der Waals surface area contributed by atoms with Gasteiger partial charge in [0.05, 0.1) is 0 Å². The molecule has 2 aromatic carbocycles. The van der Waals surface area contributed by atoms with Crippen LogP contribution in [0.2, 0.25) is 0 Å². The summed E-state index contributed by atoms with van der Waals surface area (Å²) in [6, 6.07) is 19.8. The van der Waals surface area contributed by atoms with Crippen LogP contribution in [-0.4, -0.2) is 0 Å². The SMILES string of the molecule is CC(C)(C)c1cc(C(C)(C)C)c(Pc2ccc(CCCCCCCCc3ccc(Pc4c(C(C)(C)C)cc(C(C)(C)C)cc4C(C)(C)C)s3)s2)c(C(C)(C)C)c1. The van der Waals surface area contributed by atoms with Crippen molar-refractivity contribution in [1.29, 1.82) is 0 Å². The van der Waals surface area contributed by atoms with E-state index in [4.69, 9.17) is 0 Å². The van der Waals surface area contributed by atoms with Gasteiger partial charge in [0.2, 0.25) is 0 Å². The quantitative estimate of drug-likeness (QED) is 0.0930. The van der Waals surface area contributed by atoms with Crippen LogP contribution in [0, 0.1) is 0 Å². The van der Waals surface area contributed by atoms with E-state index in [1.165, 1.54) is 84.7 Å². The van der Waals surface area contributed by atoms with Gasteiger partial charge in [-0.25, -0.2) is 0 Å². The molecule has 2 unspecified atom stereocenters. The summed E-state index contributed by atoms with van der Waals surface area (Å²) < 4.78 is 3.08. The molecule has 4 rings (SSSR count). The highest BCUT2D eigenvalue weighted by atomic mass is 32.1. The van der Waals surface area contributed by atoms with E-state index >= 15 is 0 Å². The molecule has 0 aliphatic heterocycles. The molecule has 4 aromatic rings. The Balaban J connectivity index is 1.29. The Kier molecular flexibility index (Phi) is 15.3. The summed E-state index contributed by atoms with van der Waals surface area (Å²) in [6.07, 6.45) is 10.5. The molecule has 0 spiro atoms. The summed E-state index contributed by atoms with van der Waals surface area (Å²) in [5, 5.41) is 3.17. The molecule has 0 saturated heterocycles. The van der Waals surface area contributed by atoms with E-state index in [1.54, 1.807) is 29.6 Å². The molecule has 0 aliphatic rings. The number of unbranched alkanes of at least 4 members (excludes halogenated alkanes) is 5. The second kappa shape index (κ2) is 18.1. The van der Waals surface area contributed by atoms with Crippen LogP contribution in [0.25, 0.3) is 0 Å². The second-order valence-corrected chi connectivity index (χ2v) is 28.4.